The molecule has 8 heteroatoms. The number of hydrogen-bond donors (Lipinski definition) is 2. The number of halogens is 1. The normalized spacial score (nSPS) is 10.3. The average Bonchev–Trinajstić information content (AvgIpc) is 3.26. The molecular weight excluding hydrogens is 392 g/mol. The molecule has 0 atom stereocenters. The van der Waals surface area contributed by atoms with Gasteiger partial charge >= 0.3 is 0 Å². The zero-order valence-electron chi connectivity index (χ0n) is 16.3. The number of aromatic nitrogens is 1. The predicted molar refractivity (Wildman–Crippen MR) is 113 cm³/mol. The van der Waals surface area contributed by atoms with Gasteiger partial charge in [-0.1, -0.05) is 17.7 Å². The highest BCUT2D eigenvalue weighted by Crippen LogP contribution is 2.29. The van der Waals surface area contributed by atoms with Crippen molar-refractivity contribution in [1.82, 2.24) is 15.4 Å². The van der Waals surface area contributed by atoms with Gasteiger partial charge in [0.2, 0.25) is 0 Å². The first kappa shape index (κ1) is 20.3. The van der Waals surface area contributed by atoms with Gasteiger partial charge in [-0.3, -0.25) is 20.4 Å². The van der Waals surface area contributed by atoms with Crippen LogP contribution in [-0.4, -0.2) is 37.6 Å². The standard InChI is InChI=1S/C21H21ClN4O3/c1-25(2)15-8-6-7-14(11-15)20(27)23-24-21(28)16-12-17(22)18(13-19(16)29-3)26-9-4-5-10-26/h4-13H,1-3H3,(H,23,27)(H,24,28). The summed E-state index contributed by atoms with van der Waals surface area (Å²) >= 11 is 6.35. The fourth-order valence-electron chi connectivity index (χ4n) is 2.76. The van der Waals surface area contributed by atoms with Gasteiger partial charge in [-0.15, -0.1) is 0 Å². The van der Waals surface area contributed by atoms with Gasteiger partial charge in [-0.2, -0.15) is 0 Å². The maximum Gasteiger partial charge on any atom is 0.273 e. The summed E-state index contributed by atoms with van der Waals surface area (Å²) in [5.41, 5.74) is 6.99. The van der Waals surface area contributed by atoms with Crippen LogP contribution in [0.5, 0.6) is 5.75 Å². The molecule has 0 spiro atoms. The van der Waals surface area contributed by atoms with Crippen LogP contribution >= 0.6 is 11.6 Å². The molecule has 1 aromatic heterocycles. The van der Waals surface area contributed by atoms with E-state index in [-0.39, 0.29) is 5.56 Å². The monoisotopic (exact) mass is 412 g/mol. The van der Waals surface area contributed by atoms with Crippen molar-refractivity contribution in [3.05, 3.63) is 77.1 Å². The van der Waals surface area contributed by atoms with E-state index in [1.165, 1.54) is 13.2 Å². The number of ether oxygens (including phenoxy) is 1. The molecule has 0 unspecified atom stereocenters. The number of amides is 2. The first-order valence-corrected chi connectivity index (χ1v) is 9.17. The van der Waals surface area contributed by atoms with Gasteiger partial charge in [0.05, 0.1) is 23.4 Å². The Labute approximate surface area is 173 Å². The minimum Gasteiger partial charge on any atom is -0.496 e. The molecule has 150 valence electrons. The summed E-state index contributed by atoms with van der Waals surface area (Å²) in [5, 5.41) is 0.372. The molecule has 0 aliphatic rings. The van der Waals surface area contributed by atoms with Gasteiger partial charge in [0.1, 0.15) is 5.75 Å². The van der Waals surface area contributed by atoms with Crippen molar-refractivity contribution in [2.75, 3.05) is 26.1 Å². The number of rotatable bonds is 5. The third kappa shape index (κ3) is 4.52. The number of nitrogens with one attached hydrogen (secondary N) is 2. The topological polar surface area (TPSA) is 75.6 Å². The Kier molecular flexibility index (Phi) is 6.09. The smallest absolute Gasteiger partial charge is 0.273 e. The van der Waals surface area contributed by atoms with Crippen LogP contribution < -0.4 is 20.5 Å². The summed E-state index contributed by atoms with van der Waals surface area (Å²) in [4.78, 5) is 26.9. The Morgan fingerprint density at radius 3 is 2.34 bits per heavy atom. The molecule has 3 rings (SSSR count). The largest absolute Gasteiger partial charge is 0.496 e. The summed E-state index contributed by atoms with van der Waals surface area (Å²) in [6, 6.07) is 13.9. The molecule has 0 radical (unpaired) electrons. The molecule has 0 fully saturated rings. The van der Waals surface area contributed by atoms with E-state index in [4.69, 9.17) is 16.3 Å². The van der Waals surface area contributed by atoms with E-state index in [9.17, 15) is 9.59 Å². The van der Waals surface area contributed by atoms with E-state index in [1.807, 2.05) is 54.2 Å². The van der Waals surface area contributed by atoms with Crippen LogP contribution in [-0.2, 0) is 0 Å². The molecule has 2 amide bonds. The molecule has 3 aromatic rings. The fourth-order valence-corrected chi connectivity index (χ4v) is 3.02. The van der Waals surface area contributed by atoms with E-state index in [1.54, 1.807) is 24.3 Å². The van der Waals surface area contributed by atoms with E-state index in [0.717, 1.165) is 5.69 Å². The lowest BCUT2D eigenvalue weighted by Crippen LogP contribution is -2.41. The number of carbonyl (C=O) groups is 2. The average molecular weight is 413 g/mol. The zero-order chi connectivity index (χ0) is 21.0. The van der Waals surface area contributed by atoms with Crippen LogP contribution in [0, 0.1) is 0 Å². The van der Waals surface area contributed by atoms with Crippen LogP contribution in [0.15, 0.2) is 60.9 Å². The second kappa shape index (κ2) is 8.70. The maximum absolute atomic E-state index is 12.6. The zero-order valence-corrected chi connectivity index (χ0v) is 17.0. The quantitative estimate of drug-likeness (QED) is 0.630. The number of methoxy groups -OCH3 is 1. The fraction of sp³-hybridized carbons (Fsp3) is 0.143. The molecule has 2 N–H and O–H groups in total. The van der Waals surface area contributed by atoms with Gasteiger partial charge < -0.3 is 14.2 Å². The molecule has 0 bridgehead atoms. The summed E-state index contributed by atoms with van der Waals surface area (Å²) in [7, 11) is 5.23. The van der Waals surface area contributed by atoms with Crippen LogP contribution in [0.2, 0.25) is 5.02 Å². The summed E-state index contributed by atoms with van der Waals surface area (Å²) in [6.07, 6.45) is 3.67. The number of hydrogen-bond acceptors (Lipinski definition) is 4. The van der Waals surface area contributed by atoms with Crippen LogP contribution in [0.3, 0.4) is 0 Å². The minimum absolute atomic E-state index is 0.204. The molecule has 29 heavy (non-hydrogen) atoms. The van der Waals surface area contributed by atoms with E-state index in [0.29, 0.717) is 22.0 Å². The number of anilines is 1. The molecular formula is C21H21ClN4O3. The Balaban J connectivity index is 1.76. The first-order valence-electron chi connectivity index (χ1n) is 8.79. The molecule has 0 aliphatic carbocycles. The predicted octanol–water partition coefficient (Wildman–Crippen LogP) is 3.28. The molecule has 2 aromatic carbocycles. The summed E-state index contributed by atoms with van der Waals surface area (Å²) in [5.74, 6) is -0.643. The maximum atomic E-state index is 12.6. The van der Waals surface area contributed by atoms with Crippen molar-refractivity contribution in [3.63, 3.8) is 0 Å². The second-order valence-corrected chi connectivity index (χ2v) is 6.85. The summed E-state index contributed by atoms with van der Waals surface area (Å²) in [6.45, 7) is 0. The number of benzene rings is 2. The van der Waals surface area contributed by atoms with E-state index < -0.39 is 11.8 Å². The van der Waals surface area contributed by atoms with Crippen LogP contribution in [0.4, 0.5) is 5.69 Å². The van der Waals surface area contributed by atoms with Crippen molar-refractivity contribution >= 4 is 29.1 Å². The lowest BCUT2D eigenvalue weighted by Gasteiger charge is -2.15. The SMILES string of the molecule is COc1cc(-n2cccc2)c(Cl)cc1C(=O)NNC(=O)c1cccc(N(C)C)c1. The highest BCUT2D eigenvalue weighted by molar-refractivity contribution is 6.33. The Hall–Kier alpha value is -3.45. The van der Waals surface area contributed by atoms with Crippen molar-refractivity contribution in [1.29, 1.82) is 0 Å². The van der Waals surface area contributed by atoms with Crippen molar-refractivity contribution in [2.24, 2.45) is 0 Å². The Bertz CT molecular complexity index is 1030. The molecule has 0 saturated carbocycles. The van der Waals surface area contributed by atoms with Crippen LogP contribution in [0.25, 0.3) is 5.69 Å². The third-order valence-electron chi connectivity index (χ3n) is 4.31. The Morgan fingerprint density at radius 1 is 1.00 bits per heavy atom. The van der Waals surface area contributed by atoms with Gasteiger partial charge in [0, 0.05) is 43.8 Å². The van der Waals surface area contributed by atoms with Crippen molar-refractivity contribution < 1.29 is 14.3 Å². The van der Waals surface area contributed by atoms with Crippen molar-refractivity contribution in [3.8, 4) is 11.4 Å². The number of nitrogens with zero attached hydrogens (tertiary/aromatic N) is 2. The molecule has 7 nitrogen and oxygen atoms in total. The lowest BCUT2D eigenvalue weighted by atomic mass is 10.1. The molecule has 0 aliphatic heterocycles. The van der Waals surface area contributed by atoms with Gasteiger partial charge in [-0.05, 0) is 36.4 Å². The molecule has 1 heterocycles. The number of hydrazine groups is 1. The first-order chi connectivity index (χ1) is 13.9. The summed E-state index contributed by atoms with van der Waals surface area (Å²) < 4.78 is 7.15. The van der Waals surface area contributed by atoms with Gasteiger partial charge in [0.15, 0.2) is 0 Å². The highest BCUT2D eigenvalue weighted by Gasteiger charge is 2.17. The van der Waals surface area contributed by atoms with E-state index in [2.05, 4.69) is 10.9 Å². The van der Waals surface area contributed by atoms with Crippen LogP contribution in [0.1, 0.15) is 20.7 Å². The van der Waals surface area contributed by atoms with E-state index >= 15 is 0 Å². The van der Waals surface area contributed by atoms with Crippen molar-refractivity contribution in [2.45, 2.75) is 0 Å². The molecule has 0 saturated heterocycles. The van der Waals surface area contributed by atoms with Gasteiger partial charge in [-0.25, -0.2) is 0 Å². The third-order valence-corrected chi connectivity index (χ3v) is 4.61. The lowest BCUT2D eigenvalue weighted by molar-refractivity contribution is 0.0845. The number of carbonyl (C=O) groups excluding carboxylic acids is 2. The second-order valence-electron chi connectivity index (χ2n) is 6.45. The Morgan fingerprint density at radius 2 is 1.69 bits per heavy atom. The minimum atomic E-state index is -0.542. The van der Waals surface area contributed by atoms with Gasteiger partial charge in [0.25, 0.3) is 11.8 Å². The highest BCUT2D eigenvalue weighted by atomic mass is 35.5.